The highest BCUT2D eigenvalue weighted by Crippen LogP contribution is 2.29. The lowest BCUT2D eigenvalue weighted by Crippen LogP contribution is -2.53. The van der Waals surface area contributed by atoms with Gasteiger partial charge < -0.3 is 21.1 Å². The van der Waals surface area contributed by atoms with Gasteiger partial charge in [0.1, 0.15) is 0 Å². The monoisotopic (exact) mass is 430 g/mol. The fraction of sp³-hybridized carbons (Fsp3) is 0.240. The molecule has 0 spiro atoms. The second-order valence-electron chi connectivity index (χ2n) is 8.24. The van der Waals surface area contributed by atoms with E-state index in [4.69, 9.17) is 5.73 Å². The number of likely N-dealkylation sites (tertiary alicyclic amines) is 1. The molecule has 0 atom stereocenters. The van der Waals surface area contributed by atoms with E-state index in [0.29, 0.717) is 28.9 Å². The van der Waals surface area contributed by atoms with Gasteiger partial charge in [-0.05, 0) is 60.9 Å². The Hall–Kier alpha value is -3.71. The van der Waals surface area contributed by atoms with Gasteiger partial charge in [-0.1, -0.05) is 18.2 Å². The number of nitrogens with one attached hydrogen (secondary N) is 1. The molecule has 0 aliphatic carbocycles. The van der Waals surface area contributed by atoms with E-state index in [-0.39, 0.29) is 24.9 Å². The molecule has 0 radical (unpaired) electrons. The molecule has 0 bridgehead atoms. The summed E-state index contributed by atoms with van der Waals surface area (Å²) in [6.45, 7) is 4.76. The number of rotatable bonds is 5. The number of aliphatic hydroxyl groups is 1. The van der Waals surface area contributed by atoms with Crippen molar-refractivity contribution in [1.29, 1.82) is 0 Å². The van der Waals surface area contributed by atoms with Crippen molar-refractivity contribution in [1.82, 2.24) is 15.2 Å². The van der Waals surface area contributed by atoms with E-state index >= 15 is 0 Å². The molecular formula is C25H26N4O3. The minimum atomic E-state index is -0.499. The third-order valence-corrected chi connectivity index (χ3v) is 5.54. The Morgan fingerprint density at radius 3 is 2.50 bits per heavy atom. The number of aliphatic hydroxyl groups excluding tert-OH is 1. The fourth-order valence-corrected chi connectivity index (χ4v) is 3.67. The SMILES string of the molecule is Cc1ccc(-c2cc(C(=O)NCc3ccc(C)nc3)cc(C(=O)N3CC(O)C3)c2)c(N)c1. The molecule has 1 saturated heterocycles. The van der Waals surface area contributed by atoms with E-state index < -0.39 is 6.10 Å². The minimum absolute atomic E-state index is 0.223. The largest absolute Gasteiger partial charge is 0.398 e. The number of carbonyl (C=O) groups excluding carboxylic acids is 2. The van der Waals surface area contributed by atoms with Crippen LogP contribution in [0.15, 0.2) is 54.7 Å². The minimum Gasteiger partial charge on any atom is -0.398 e. The van der Waals surface area contributed by atoms with Crippen LogP contribution in [0, 0.1) is 13.8 Å². The normalized spacial score (nSPS) is 13.5. The van der Waals surface area contributed by atoms with Gasteiger partial charge in [0.05, 0.1) is 6.10 Å². The first-order valence-corrected chi connectivity index (χ1v) is 10.5. The molecule has 2 heterocycles. The fourth-order valence-electron chi connectivity index (χ4n) is 3.67. The number of carbonyl (C=O) groups is 2. The Bertz CT molecular complexity index is 1170. The number of nitrogens with zero attached hydrogens (tertiary/aromatic N) is 2. The number of anilines is 1. The van der Waals surface area contributed by atoms with Crippen LogP contribution in [0.2, 0.25) is 0 Å². The van der Waals surface area contributed by atoms with Crippen LogP contribution < -0.4 is 11.1 Å². The summed E-state index contributed by atoms with van der Waals surface area (Å²) in [5, 5.41) is 12.5. The quantitative estimate of drug-likeness (QED) is 0.540. The van der Waals surface area contributed by atoms with Gasteiger partial charge in [-0.15, -0.1) is 0 Å². The van der Waals surface area contributed by atoms with Gasteiger partial charge in [-0.25, -0.2) is 0 Å². The van der Waals surface area contributed by atoms with Crippen molar-refractivity contribution in [2.45, 2.75) is 26.5 Å². The number of hydrogen-bond donors (Lipinski definition) is 3. The van der Waals surface area contributed by atoms with Crippen molar-refractivity contribution < 1.29 is 14.7 Å². The molecule has 164 valence electrons. The van der Waals surface area contributed by atoms with Crippen LogP contribution in [0.1, 0.15) is 37.5 Å². The van der Waals surface area contributed by atoms with E-state index in [1.165, 1.54) is 0 Å². The lowest BCUT2D eigenvalue weighted by molar-refractivity contribution is 0.00589. The zero-order valence-corrected chi connectivity index (χ0v) is 18.1. The van der Waals surface area contributed by atoms with Gasteiger partial charge in [0.15, 0.2) is 0 Å². The lowest BCUT2D eigenvalue weighted by Gasteiger charge is -2.36. The van der Waals surface area contributed by atoms with Crippen molar-refractivity contribution in [2.75, 3.05) is 18.8 Å². The van der Waals surface area contributed by atoms with Crippen molar-refractivity contribution >= 4 is 17.5 Å². The predicted octanol–water partition coefficient (Wildman–Crippen LogP) is 2.69. The summed E-state index contributed by atoms with van der Waals surface area (Å²) < 4.78 is 0. The van der Waals surface area contributed by atoms with Crippen molar-refractivity contribution in [3.8, 4) is 11.1 Å². The molecule has 1 aliphatic rings. The summed E-state index contributed by atoms with van der Waals surface area (Å²) in [6.07, 6.45) is 1.23. The number of pyridine rings is 1. The molecule has 32 heavy (non-hydrogen) atoms. The number of amides is 2. The summed E-state index contributed by atoms with van der Waals surface area (Å²) in [7, 11) is 0. The zero-order valence-electron chi connectivity index (χ0n) is 18.1. The number of aromatic nitrogens is 1. The molecule has 7 nitrogen and oxygen atoms in total. The van der Waals surface area contributed by atoms with Crippen LogP contribution in [0.3, 0.4) is 0 Å². The molecule has 1 aromatic heterocycles. The molecule has 4 rings (SSSR count). The molecule has 3 aromatic rings. The van der Waals surface area contributed by atoms with E-state index in [1.807, 2.05) is 44.2 Å². The van der Waals surface area contributed by atoms with Crippen LogP contribution in [0.4, 0.5) is 5.69 Å². The number of benzene rings is 2. The van der Waals surface area contributed by atoms with Crippen molar-refractivity contribution in [2.24, 2.45) is 0 Å². The highest BCUT2D eigenvalue weighted by atomic mass is 16.3. The number of nitrogens with two attached hydrogens (primary N) is 1. The van der Waals surface area contributed by atoms with Crippen LogP contribution in [-0.4, -0.2) is 46.0 Å². The van der Waals surface area contributed by atoms with Crippen molar-refractivity contribution in [3.63, 3.8) is 0 Å². The highest BCUT2D eigenvalue weighted by Gasteiger charge is 2.30. The maximum Gasteiger partial charge on any atom is 0.254 e. The van der Waals surface area contributed by atoms with E-state index in [9.17, 15) is 14.7 Å². The molecule has 1 fully saturated rings. The maximum atomic E-state index is 13.0. The Morgan fingerprint density at radius 2 is 1.84 bits per heavy atom. The smallest absolute Gasteiger partial charge is 0.254 e. The standard InChI is InChI=1S/C25H26N4O3/c1-15-3-6-22(23(26)7-15)18-8-19(10-20(9-18)25(32)29-13-21(30)14-29)24(31)28-12-17-5-4-16(2)27-11-17/h3-11,21,30H,12-14,26H2,1-2H3,(H,28,31). The summed E-state index contributed by atoms with van der Waals surface area (Å²) >= 11 is 0. The van der Waals surface area contributed by atoms with Gasteiger partial charge in [-0.3, -0.25) is 14.6 Å². The predicted molar refractivity (Wildman–Crippen MR) is 123 cm³/mol. The molecule has 4 N–H and O–H groups in total. The summed E-state index contributed by atoms with van der Waals surface area (Å²) in [5.41, 5.74) is 11.8. The average molecular weight is 431 g/mol. The number of nitrogen functional groups attached to an aromatic ring is 1. The number of aryl methyl sites for hydroxylation is 2. The van der Waals surface area contributed by atoms with Gasteiger partial charge in [0.2, 0.25) is 0 Å². The number of hydrogen-bond acceptors (Lipinski definition) is 5. The topological polar surface area (TPSA) is 109 Å². The first-order chi connectivity index (χ1) is 15.3. The van der Waals surface area contributed by atoms with Crippen molar-refractivity contribution in [3.05, 3.63) is 82.7 Å². The highest BCUT2D eigenvalue weighted by molar-refractivity contribution is 6.02. The van der Waals surface area contributed by atoms with Gasteiger partial charge in [-0.2, -0.15) is 0 Å². The Morgan fingerprint density at radius 1 is 1.09 bits per heavy atom. The Kier molecular flexibility index (Phi) is 5.92. The third kappa shape index (κ3) is 4.63. The molecule has 2 aromatic carbocycles. The van der Waals surface area contributed by atoms with Gasteiger partial charge >= 0.3 is 0 Å². The second-order valence-corrected chi connectivity index (χ2v) is 8.24. The maximum absolute atomic E-state index is 13.0. The lowest BCUT2D eigenvalue weighted by atomic mass is 9.96. The van der Waals surface area contributed by atoms with Crippen LogP contribution in [-0.2, 0) is 6.54 Å². The average Bonchev–Trinajstić information content (AvgIpc) is 2.75. The summed E-state index contributed by atoms with van der Waals surface area (Å²) in [6, 6.07) is 14.6. The third-order valence-electron chi connectivity index (χ3n) is 5.54. The van der Waals surface area contributed by atoms with E-state index in [2.05, 4.69) is 10.3 Å². The Labute approximate surface area is 186 Å². The van der Waals surface area contributed by atoms with E-state index in [0.717, 1.165) is 22.4 Å². The first-order valence-electron chi connectivity index (χ1n) is 10.5. The van der Waals surface area contributed by atoms with Crippen LogP contribution in [0.5, 0.6) is 0 Å². The zero-order chi connectivity index (χ0) is 22.8. The first kappa shape index (κ1) is 21.5. The molecule has 7 heteroatoms. The molecule has 1 aliphatic heterocycles. The van der Waals surface area contributed by atoms with Gasteiger partial charge in [0.25, 0.3) is 11.8 Å². The number of β-amino-alcohol motifs (C(OH)–C–C–N with tert-alkyl or cyclic N) is 1. The van der Waals surface area contributed by atoms with E-state index in [1.54, 1.807) is 29.3 Å². The van der Waals surface area contributed by atoms with Crippen LogP contribution >= 0.6 is 0 Å². The van der Waals surface area contributed by atoms with Gasteiger partial charge in [0, 0.05) is 53.9 Å². The summed E-state index contributed by atoms with van der Waals surface area (Å²) in [5.74, 6) is -0.518. The molecule has 2 amide bonds. The Balaban J connectivity index is 1.65. The molecule has 0 unspecified atom stereocenters. The van der Waals surface area contributed by atoms with Crippen LogP contribution in [0.25, 0.3) is 11.1 Å². The second kappa shape index (κ2) is 8.80. The molecular weight excluding hydrogens is 404 g/mol. The molecule has 0 saturated carbocycles. The summed E-state index contributed by atoms with van der Waals surface area (Å²) in [4.78, 5) is 31.7.